The maximum atomic E-state index is 9.59. The van der Waals surface area contributed by atoms with Crippen molar-refractivity contribution in [2.45, 2.75) is 0 Å². The number of hydrogen-bond donors (Lipinski definition) is 0. The third-order valence-electron chi connectivity index (χ3n) is 3.96. The van der Waals surface area contributed by atoms with Crippen LogP contribution < -0.4 is 4.74 Å². The smallest absolute Gasteiger partial charge is 0.134 e. The first-order chi connectivity index (χ1) is 12.7. The Labute approximate surface area is 160 Å². The van der Waals surface area contributed by atoms with Crippen molar-refractivity contribution in [2.75, 3.05) is 6.61 Å². The molecule has 26 heavy (non-hydrogen) atoms. The van der Waals surface area contributed by atoms with E-state index in [1.165, 1.54) is 11.3 Å². The molecule has 0 spiro atoms. The molecular weight excluding hydrogens is 364 g/mol. The van der Waals surface area contributed by atoms with Crippen molar-refractivity contribution in [2.24, 2.45) is 0 Å². The van der Waals surface area contributed by atoms with E-state index < -0.39 is 0 Å². The first-order valence-corrected chi connectivity index (χ1v) is 9.25. The van der Waals surface area contributed by atoms with Gasteiger partial charge in [-0.3, -0.25) is 0 Å². The number of nitrogens with zero attached hydrogens (tertiary/aromatic N) is 2. The van der Waals surface area contributed by atoms with Crippen molar-refractivity contribution in [1.82, 2.24) is 4.98 Å². The zero-order chi connectivity index (χ0) is 17.9. The number of nitriles is 1. The van der Waals surface area contributed by atoms with E-state index in [4.69, 9.17) is 16.3 Å². The molecule has 2 aromatic carbocycles. The molecule has 3 aromatic rings. The number of thiazole rings is 1. The lowest BCUT2D eigenvalue weighted by molar-refractivity contribution is 0.351. The molecule has 0 radical (unpaired) electrons. The molecule has 0 aliphatic carbocycles. The van der Waals surface area contributed by atoms with E-state index in [2.05, 4.69) is 11.1 Å². The van der Waals surface area contributed by atoms with Gasteiger partial charge in [-0.25, -0.2) is 4.98 Å². The standard InChI is InChI=1S/C21H13ClN2OS/c22-18-6-7-20-16(10-18)8-14(12-25-20)9-17(11-23)21-24-19(13-26-21)15-4-2-1-3-5-15/h1-10,13H,12H2/b17-9-. The Bertz CT molecular complexity index is 1060. The zero-order valence-corrected chi connectivity index (χ0v) is 15.2. The van der Waals surface area contributed by atoms with Crippen molar-refractivity contribution in [3.63, 3.8) is 0 Å². The van der Waals surface area contributed by atoms with Gasteiger partial charge in [-0.15, -0.1) is 11.3 Å². The molecule has 126 valence electrons. The summed E-state index contributed by atoms with van der Waals surface area (Å²) in [4.78, 5) is 4.61. The predicted octanol–water partition coefficient (Wildman–Crippen LogP) is 5.85. The van der Waals surface area contributed by atoms with Gasteiger partial charge in [-0.2, -0.15) is 5.26 Å². The summed E-state index contributed by atoms with van der Waals surface area (Å²) in [6.45, 7) is 0.413. The molecule has 0 bridgehead atoms. The summed E-state index contributed by atoms with van der Waals surface area (Å²) in [6.07, 6.45) is 3.82. The Kier molecular flexibility index (Phi) is 4.57. The van der Waals surface area contributed by atoms with E-state index in [0.717, 1.165) is 28.1 Å². The van der Waals surface area contributed by atoms with Crippen molar-refractivity contribution in [3.05, 3.63) is 81.2 Å². The summed E-state index contributed by atoms with van der Waals surface area (Å²) in [7, 11) is 0. The average Bonchev–Trinajstić information content (AvgIpc) is 3.16. The van der Waals surface area contributed by atoms with Gasteiger partial charge in [0.1, 0.15) is 23.4 Å². The fourth-order valence-corrected chi connectivity index (χ4v) is 3.69. The maximum Gasteiger partial charge on any atom is 0.134 e. The topological polar surface area (TPSA) is 45.9 Å². The average molecular weight is 377 g/mol. The van der Waals surface area contributed by atoms with Crippen LogP contribution in [0.5, 0.6) is 5.75 Å². The van der Waals surface area contributed by atoms with Crippen LogP contribution >= 0.6 is 22.9 Å². The highest BCUT2D eigenvalue weighted by Gasteiger charge is 2.14. The van der Waals surface area contributed by atoms with Crippen LogP contribution in [-0.4, -0.2) is 11.6 Å². The van der Waals surface area contributed by atoms with Crippen LogP contribution in [-0.2, 0) is 0 Å². The molecule has 4 rings (SSSR count). The summed E-state index contributed by atoms with van der Waals surface area (Å²) in [6, 6.07) is 17.7. The van der Waals surface area contributed by atoms with Crippen molar-refractivity contribution < 1.29 is 4.74 Å². The van der Waals surface area contributed by atoms with Gasteiger partial charge >= 0.3 is 0 Å². The monoisotopic (exact) mass is 376 g/mol. The predicted molar refractivity (Wildman–Crippen MR) is 106 cm³/mol. The fraction of sp³-hybridized carbons (Fsp3) is 0.0476. The summed E-state index contributed by atoms with van der Waals surface area (Å²) in [5.41, 5.74) is 4.26. The van der Waals surface area contributed by atoms with Crippen molar-refractivity contribution >= 4 is 34.6 Å². The van der Waals surface area contributed by atoms with Crippen molar-refractivity contribution in [3.8, 4) is 23.1 Å². The second-order valence-electron chi connectivity index (χ2n) is 5.76. The first-order valence-electron chi connectivity index (χ1n) is 7.99. The highest BCUT2D eigenvalue weighted by atomic mass is 35.5. The molecule has 0 amide bonds. The summed E-state index contributed by atoms with van der Waals surface area (Å²) >= 11 is 7.52. The maximum absolute atomic E-state index is 9.59. The van der Waals surface area contributed by atoms with Gasteiger partial charge in [0.2, 0.25) is 0 Å². The highest BCUT2D eigenvalue weighted by molar-refractivity contribution is 7.11. The van der Waals surface area contributed by atoms with Crippen molar-refractivity contribution in [1.29, 1.82) is 5.26 Å². The van der Waals surface area contributed by atoms with Crippen LogP contribution in [0.1, 0.15) is 10.6 Å². The summed E-state index contributed by atoms with van der Waals surface area (Å²) in [5.74, 6) is 0.797. The lowest BCUT2D eigenvalue weighted by atomic mass is 10.1. The van der Waals surface area contributed by atoms with E-state index in [1.807, 2.05) is 60.0 Å². The minimum Gasteiger partial charge on any atom is -0.488 e. The minimum atomic E-state index is 0.413. The van der Waals surface area contributed by atoms with Gasteiger partial charge in [0.05, 0.1) is 11.3 Å². The number of hydrogen-bond acceptors (Lipinski definition) is 4. The van der Waals surface area contributed by atoms with Crippen LogP contribution in [0.15, 0.2) is 65.6 Å². The lowest BCUT2D eigenvalue weighted by Gasteiger charge is -2.16. The highest BCUT2D eigenvalue weighted by Crippen LogP contribution is 2.31. The number of rotatable bonds is 3. The molecule has 3 nitrogen and oxygen atoms in total. The molecule has 1 aliphatic rings. The van der Waals surface area contributed by atoms with E-state index in [-0.39, 0.29) is 0 Å². The molecular formula is C21H13ClN2OS. The van der Waals surface area contributed by atoms with Gasteiger partial charge < -0.3 is 4.74 Å². The number of allylic oxidation sites excluding steroid dienone is 1. The van der Waals surface area contributed by atoms with E-state index in [1.54, 1.807) is 6.07 Å². The molecule has 1 aliphatic heterocycles. The normalized spacial score (nSPS) is 13.4. The number of halogens is 1. The summed E-state index contributed by atoms with van der Waals surface area (Å²) < 4.78 is 5.75. The Hall–Kier alpha value is -2.87. The second kappa shape index (κ2) is 7.17. The van der Waals surface area contributed by atoms with Crippen LogP contribution in [0.2, 0.25) is 5.02 Å². The number of ether oxygens (including phenoxy) is 1. The van der Waals surface area contributed by atoms with E-state index >= 15 is 0 Å². The van der Waals surface area contributed by atoms with Crippen LogP contribution in [0.25, 0.3) is 22.9 Å². The lowest BCUT2D eigenvalue weighted by Crippen LogP contribution is -2.06. The number of aromatic nitrogens is 1. The Morgan fingerprint density at radius 3 is 2.88 bits per heavy atom. The number of fused-ring (bicyclic) bond motifs is 1. The van der Waals surface area contributed by atoms with Gasteiger partial charge in [0.25, 0.3) is 0 Å². The zero-order valence-electron chi connectivity index (χ0n) is 13.6. The van der Waals surface area contributed by atoms with E-state index in [9.17, 15) is 5.26 Å². The quantitative estimate of drug-likeness (QED) is 0.539. The molecule has 1 aromatic heterocycles. The van der Waals surface area contributed by atoms with Gasteiger partial charge in [-0.1, -0.05) is 41.9 Å². The molecule has 0 N–H and O–H groups in total. The Morgan fingerprint density at radius 1 is 1.23 bits per heavy atom. The largest absolute Gasteiger partial charge is 0.488 e. The molecule has 5 heteroatoms. The second-order valence-corrected chi connectivity index (χ2v) is 7.06. The van der Waals surface area contributed by atoms with Gasteiger partial charge in [0.15, 0.2) is 0 Å². The molecule has 0 fully saturated rings. The molecule has 2 heterocycles. The molecule has 0 saturated carbocycles. The first kappa shape index (κ1) is 16.6. The molecule has 0 atom stereocenters. The van der Waals surface area contributed by atoms with Gasteiger partial charge in [0, 0.05) is 21.5 Å². The van der Waals surface area contributed by atoms with Crippen LogP contribution in [0.3, 0.4) is 0 Å². The third-order valence-corrected chi connectivity index (χ3v) is 5.07. The summed E-state index contributed by atoms with van der Waals surface area (Å²) in [5, 5.41) is 12.9. The molecule has 0 saturated heterocycles. The Balaban J connectivity index is 1.66. The SMILES string of the molecule is N#C/C(=C/C1=Cc2cc(Cl)ccc2OC1)c1nc(-c2ccccc2)cs1. The molecule has 0 unspecified atom stereocenters. The Morgan fingerprint density at radius 2 is 2.08 bits per heavy atom. The van der Waals surface area contributed by atoms with Crippen LogP contribution in [0, 0.1) is 11.3 Å². The number of benzene rings is 2. The minimum absolute atomic E-state index is 0.413. The fourth-order valence-electron chi connectivity index (χ4n) is 2.72. The van der Waals surface area contributed by atoms with Gasteiger partial charge in [-0.05, 0) is 35.9 Å². The third kappa shape index (κ3) is 3.41. The van der Waals surface area contributed by atoms with Crippen LogP contribution in [0.4, 0.5) is 0 Å². The van der Waals surface area contributed by atoms with E-state index in [0.29, 0.717) is 22.2 Å².